The lowest BCUT2D eigenvalue weighted by atomic mass is 9.97. The highest BCUT2D eigenvalue weighted by atomic mass is 16.5. The number of hydrogen-bond acceptors (Lipinski definition) is 4. The third-order valence-electron chi connectivity index (χ3n) is 4.22. The molecule has 5 heteroatoms. The molecule has 0 aromatic heterocycles. The molecule has 1 amide bonds. The van der Waals surface area contributed by atoms with Crippen molar-refractivity contribution in [2.45, 2.75) is 33.1 Å². The van der Waals surface area contributed by atoms with Gasteiger partial charge in [0.25, 0.3) is 0 Å². The normalized spacial score (nSPS) is 11.5. The van der Waals surface area contributed by atoms with E-state index in [9.17, 15) is 9.59 Å². The van der Waals surface area contributed by atoms with Crippen LogP contribution in [0.1, 0.15) is 49.0 Å². The smallest absolute Gasteiger partial charge is 0.338 e. The molecule has 2 rings (SSSR count). The quantitative estimate of drug-likeness (QED) is 0.688. The number of hydrogen-bond donors (Lipinski definition) is 2. The molecule has 26 heavy (non-hydrogen) atoms. The molecule has 0 spiro atoms. The molecule has 5 nitrogen and oxygen atoms in total. The van der Waals surface area contributed by atoms with Gasteiger partial charge in [0.15, 0.2) is 0 Å². The molecule has 0 heterocycles. The van der Waals surface area contributed by atoms with E-state index in [-0.39, 0.29) is 18.4 Å². The Labute approximate surface area is 154 Å². The van der Waals surface area contributed by atoms with Crippen molar-refractivity contribution in [3.63, 3.8) is 0 Å². The van der Waals surface area contributed by atoms with Crippen molar-refractivity contribution in [2.75, 3.05) is 23.8 Å². The van der Waals surface area contributed by atoms with E-state index in [1.807, 2.05) is 18.2 Å². The number of rotatable bonds is 8. The van der Waals surface area contributed by atoms with Crippen LogP contribution in [-0.4, -0.2) is 25.0 Å². The lowest BCUT2D eigenvalue weighted by Crippen LogP contribution is -2.22. The highest BCUT2D eigenvalue weighted by molar-refractivity contribution is 5.95. The molecule has 0 saturated carbocycles. The van der Waals surface area contributed by atoms with Crippen LogP contribution < -0.4 is 10.6 Å². The van der Waals surface area contributed by atoms with Crippen LogP contribution in [0.5, 0.6) is 0 Å². The van der Waals surface area contributed by atoms with Gasteiger partial charge in [-0.25, -0.2) is 4.79 Å². The number of benzene rings is 2. The number of anilines is 2. The highest BCUT2D eigenvalue weighted by Gasteiger charge is 2.10. The van der Waals surface area contributed by atoms with E-state index >= 15 is 0 Å². The van der Waals surface area contributed by atoms with Crippen molar-refractivity contribution in [3.05, 3.63) is 59.7 Å². The summed E-state index contributed by atoms with van der Waals surface area (Å²) in [6.45, 7) is 6.59. The molecule has 2 aromatic carbocycles. The second-order valence-corrected chi connectivity index (χ2v) is 6.10. The standard InChI is InChI=1S/C21H26N2O3/c1-4-15(3)18-8-6-7-9-19(18)22-14-20(24)23-17-12-10-16(11-13-17)21(25)26-5-2/h6-13,15,22H,4-5,14H2,1-3H3,(H,23,24). The van der Waals surface area contributed by atoms with E-state index in [2.05, 4.69) is 30.5 Å². The number of ether oxygens (including phenoxy) is 1. The Bertz CT molecular complexity index is 741. The van der Waals surface area contributed by atoms with E-state index in [1.165, 1.54) is 5.56 Å². The first kappa shape index (κ1) is 19.5. The summed E-state index contributed by atoms with van der Waals surface area (Å²) in [5.74, 6) is -0.0845. The minimum Gasteiger partial charge on any atom is -0.462 e. The second kappa shape index (κ2) is 9.61. The van der Waals surface area contributed by atoms with E-state index < -0.39 is 0 Å². The number of para-hydroxylation sites is 1. The summed E-state index contributed by atoms with van der Waals surface area (Å²) in [5.41, 5.74) is 3.29. The van der Waals surface area contributed by atoms with Gasteiger partial charge in [-0.3, -0.25) is 4.79 Å². The van der Waals surface area contributed by atoms with E-state index in [0.717, 1.165) is 12.1 Å². The number of amides is 1. The van der Waals surface area contributed by atoms with Crippen LogP contribution in [0.2, 0.25) is 0 Å². The fraction of sp³-hybridized carbons (Fsp3) is 0.333. The van der Waals surface area contributed by atoms with Gasteiger partial charge < -0.3 is 15.4 Å². The zero-order valence-corrected chi connectivity index (χ0v) is 15.5. The molecule has 2 N–H and O–H groups in total. The first-order valence-corrected chi connectivity index (χ1v) is 8.95. The zero-order valence-electron chi connectivity index (χ0n) is 15.5. The Kier molecular flexibility index (Phi) is 7.21. The molecule has 1 unspecified atom stereocenters. The van der Waals surface area contributed by atoms with Crippen LogP contribution in [0.25, 0.3) is 0 Å². The summed E-state index contributed by atoms with van der Waals surface area (Å²) < 4.78 is 4.94. The summed E-state index contributed by atoms with van der Waals surface area (Å²) in [6, 6.07) is 14.7. The van der Waals surface area contributed by atoms with Crippen LogP contribution in [0.4, 0.5) is 11.4 Å². The molecule has 0 saturated heterocycles. The van der Waals surface area contributed by atoms with Crippen molar-refractivity contribution in [1.82, 2.24) is 0 Å². The van der Waals surface area contributed by atoms with Crippen molar-refractivity contribution in [1.29, 1.82) is 0 Å². The summed E-state index contributed by atoms with van der Waals surface area (Å²) in [6.07, 6.45) is 1.04. The molecular weight excluding hydrogens is 328 g/mol. The minimum absolute atomic E-state index is 0.146. The first-order valence-electron chi connectivity index (χ1n) is 8.95. The average molecular weight is 354 g/mol. The molecular formula is C21H26N2O3. The average Bonchev–Trinajstić information content (AvgIpc) is 2.66. The Morgan fingerprint density at radius 1 is 1.04 bits per heavy atom. The molecule has 0 bridgehead atoms. The predicted molar refractivity (Wildman–Crippen MR) is 105 cm³/mol. The molecule has 138 valence electrons. The topological polar surface area (TPSA) is 67.4 Å². The number of carbonyl (C=O) groups excluding carboxylic acids is 2. The summed E-state index contributed by atoms with van der Waals surface area (Å²) in [7, 11) is 0. The van der Waals surface area contributed by atoms with Crippen LogP contribution in [0.3, 0.4) is 0 Å². The fourth-order valence-corrected chi connectivity index (χ4v) is 2.59. The Balaban J connectivity index is 1.92. The van der Waals surface area contributed by atoms with Crippen LogP contribution in [0.15, 0.2) is 48.5 Å². The molecule has 0 aliphatic heterocycles. The number of carbonyl (C=O) groups is 2. The van der Waals surface area contributed by atoms with Gasteiger partial charge in [0.05, 0.1) is 18.7 Å². The molecule has 0 fully saturated rings. The van der Waals surface area contributed by atoms with Gasteiger partial charge in [-0.1, -0.05) is 32.0 Å². The van der Waals surface area contributed by atoms with Gasteiger partial charge >= 0.3 is 5.97 Å². The maximum Gasteiger partial charge on any atom is 0.338 e. The van der Waals surface area contributed by atoms with Gasteiger partial charge in [0, 0.05) is 11.4 Å². The Hall–Kier alpha value is -2.82. The van der Waals surface area contributed by atoms with Crippen LogP contribution in [-0.2, 0) is 9.53 Å². The Morgan fingerprint density at radius 3 is 2.38 bits per heavy atom. The monoisotopic (exact) mass is 354 g/mol. The van der Waals surface area contributed by atoms with E-state index in [1.54, 1.807) is 31.2 Å². The lowest BCUT2D eigenvalue weighted by Gasteiger charge is -2.16. The largest absolute Gasteiger partial charge is 0.462 e. The third kappa shape index (κ3) is 5.34. The van der Waals surface area contributed by atoms with Gasteiger partial charge in [-0.05, 0) is 55.2 Å². The van der Waals surface area contributed by atoms with E-state index in [0.29, 0.717) is 23.8 Å². The molecule has 0 radical (unpaired) electrons. The first-order chi connectivity index (χ1) is 12.5. The lowest BCUT2D eigenvalue weighted by molar-refractivity contribution is -0.114. The summed E-state index contributed by atoms with van der Waals surface area (Å²) in [4.78, 5) is 23.8. The molecule has 0 aliphatic carbocycles. The van der Waals surface area contributed by atoms with Gasteiger partial charge in [-0.2, -0.15) is 0 Å². The molecule has 1 atom stereocenters. The maximum absolute atomic E-state index is 12.2. The number of nitrogens with one attached hydrogen (secondary N) is 2. The molecule has 0 aliphatic rings. The van der Waals surface area contributed by atoms with Gasteiger partial charge in [-0.15, -0.1) is 0 Å². The van der Waals surface area contributed by atoms with Gasteiger partial charge in [0.2, 0.25) is 5.91 Å². The van der Waals surface area contributed by atoms with Crippen LogP contribution >= 0.6 is 0 Å². The van der Waals surface area contributed by atoms with E-state index in [4.69, 9.17) is 4.74 Å². The second-order valence-electron chi connectivity index (χ2n) is 6.10. The SMILES string of the molecule is CCOC(=O)c1ccc(NC(=O)CNc2ccccc2C(C)CC)cc1. The van der Waals surface area contributed by atoms with Gasteiger partial charge in [0.1, 0.15) is 0 Å². The molecule has 2 aromatic rings. The number of esters is 1. The Morgan fingerprint density at radius 2 is 1.73 bits per heavy atom. The van der Waals surface area contributed by atoms with Crippen molar-refractivity contribution in [3.8, 4) is 0 Å². The third-order valence-corrected chi connectivity index (χ3v) is 4.22. The zero-order chi connectivity index (χ0) is 18.9. The van der Waals surface area contributed by atoms with Crippen molar-refractivity contribution >= 4 is 23.3 Å². The predicted octanol–water partition coefficient (Wildman–Crippen LogP) is 4.43. The van der Waals surface area contributed by atoms with Crippen LogP contribution in [0, 0.1) is 0 Å². The summed E-state index contributed by atoms with van der Waals surface area (Å²) >= 11 is 0. The highest BCUT2D eigenvalue weighted by Crippen LogP contribution is 2.26. The fourth-order valence-electron chi connectivity index (χ4n) is 2.59. The maximum atomic E-state index is 12.2. The van der Waals surface area contributed by atoms with Crippen molar-refractivity contribution in [2.24, 2.45) is 0 Å². The summed E-state index contributed by atoms with van der Waals surface area (Å²) in [5, 5.41) is 6.03. The van der Waals surface area contributed by atoms with Crippen molar-refractivity contribution < 1.29 is 14.3 Å². The minimum atomic E-state index is -0.367.